The maximum atomic E-state index is 12.4. The van der Waals surface area contributed by atoms with Crippen molar-refractivity contribution in [3.63, 3.8) is 0 Å². The number of carbonyl (C=O) groups excluding carboxylic acids is 1. The lowest BCUT2D eigenvalue weighted by atomic mass is 10.2. The Morgan fingerprint density at radius 1 is 1.47 bits per heavy atom. The van der Waals surface area contributed by atoms with Crippen molar-refractivity contribution in [1.82, 2.24) is 9.55 Å². The molecule has 1 saturated heterocycles. The first-order valence-electron chi connectivity index (χ1n) is 5.66. The zero-order valence-corrected chi connectivity index (χ0v) is 10.9. The lowest BCUT2D eigenvalue weighted by molar-refractivity contribution is -0.0264. The minimum Gasteiger partial charge on any atom is -0.377 e. The molecule has 3 N–H and O–H groups in total. The molecule has 0 aromatic carbocycles. The van der Waals surface area contributed by atoms with Crippen LogP contribution in [-0.4, -0.2) is 28.7 Å². The van der Waals surface area contributed by atoms with E-state index in [2.05, 4.69) is 4.98 Å². The molecule has 2 aromatic heterocycles. The molecule has 0 bridgehead atoms. The number of nitrogens with one attached hydrogen (secondary N) is 1. The fourth-order valence-corrected chi connectivity index (χ4v) is 3.21. The minimum atomic E-state index is -0.600. The number of thiophene rings is 1. The molecule has 8 heteroatoms. The van der Waals surface area contributed by atoms with E-state index in [4.69, 9.17) is 10.5 Å². The van der Waals surface area contributed by atoms with Gasteiger partial charge in [0.1, 0.15) is 4.83 Å². The number of amides is 1. The zero-order chi connectivity index (χ0) is 13.7. The monoisotopic (exact) mass is 281 g/mol. The van der Waals surface area contributed by atoms with Gasteiger partial charge in [0.05, 0.1) is 29.5 Å². The van der Waals surface area contributed by atoms with Crippen molar-refractivity contribution in [2.45, 2.75) is 13.0 Å². The maximum Gasteiger partial charge on any atom is 0.329 e. The lowest BCUT2D eigenvalue weighted by Crippen LogP contribution is -2.45. The molecule has 2 aromatic rings. The summed E-state index contributed by atoms with van der Waals surface area (Å²) in [5.74, 6) is -0.600. The van der Waals surface area contributed by atoms with Crippen molar-refractivity contribution < 1.29 is 9.53 Å². The van der Waals surface area contributed by atoms with Gasteiger partial charge in [0.15, 0.2) is 0 Å². The van der Waals surface area contributed by atoms with Gasteiger partial charge in [0.25, 0.3) is 11.5 Å². The Balaban J connectivity index is 2.37. The number of nitrogens with zero attached hydrogens (tertiary/aromatic N) is 1. The summed E-state index contributed by atoms with van der Waals surface area (Å²) < 4.78 is 6.15. The number of hydrogen-bond acceptors (Lipinski definition) is 5. The Labute approximate surface area is 110 Å². The van der Waals surface area contributed by atoms with E-state index in [1.54, 1.807) is 6.92 Å². The summed E-state index contributed by atoms with van der Waals surface area (Å²) in [5, 5.41) is 0.352. The fourth-order valence-electron chi connectivity index (χ4n) is 2.17. The Kier molecular flexibility index (Phi) is 2.58. The van der Waals surface area contributed by atoms with Crippen LogP contribution in [0, 0.1) is 6.92 Å². The molecule has 0 atom stereocenters. The van der Waals surface area contributed by atoms with Crippen LogP contribution in [0.25, 0.3) is 10.2 Å². The maximum absolute atomic E-state index is 12.4. The molecule has 0 spiro atoms. The molecule has 3 heterocycles. The van der Waals surface area contributed by atoms with Gasteiger partial charge in [-0.1, -0.05) is 0 Å². The van der Waals surface area contributed by atoms with Crippen LogP contribution in [0.15, 0.2) is 9.59 Å². The molecule has 100 valence electrons. The van der Waals surface area contributed by atoms with Crippen molar-refractivity contribution in [3.05, 3.63) is 31.3 Å². The lowest BCUT2D eigenvalue weighted by Gasteiger charge is -2.26. The molecule has 7 nitrogen and oxygen atoms in total. The molecule has 1 aliphatic rings. The van der Waals surface area contributed by atoms with Gasteiger partial charge in [0, 0.05) is 0 Å². The predicted octanol–water partition coefficient (Wildman–Crippen LogP) is -0.270. The normalized spacial score (nSPS) is 15.6. The number of aryl methyl sites for hydroxylation is 1. The summed E-state index contributed by atoms with van der Waals surface area (Å²) in [5.41, 5.74) is 4.89. The second-order valence-corrected chi connectivity index (χ2v) is 5.44. The molecule has 0 aliphatic carbocycles. The first kappa shape index (κ1) is 12.1. The van der Waals surface area contributed by atoms with Gasteiger partial charge in [-0.3, -0.25) is 19.1 Å². The fraction of sp³-hybridized carbons (Fsp3) is 0.364. The van der Waals surface area contributed by atoms with Crippen molar-refractivity contribution >= 4 is 27.5 Å². The Hall–Kier alpha value is -1.93. The molecule has 1 amide bonds. The summed E-state index contributed by atoms with van der Waals surface area (Å²) >= 11 is 1.03. The highest BCUT2D eigenvalue weighted by Gasteiger charge is 2.26. The number of aromatic nitrogens is 2. The first-order chi connectivity index (χ1) is 9.00. The number of primary amides is 1. The van der Waals surface area contributed by atoms with Crippen molar-refractivity contribution in [2.75, 3.05) is 13.2 Å². The van der Waals surface area contributed by atoms with Crippen molar-refractivity contribution in [1.29, 1.82) is 0 Å². The number of H-pyrrole nitrogens is 1. The third kappa shape index (κ3) is 1.64. The van der Waals surface area contributed by atoms with E-state index in [-0.39, 0.29) is 6.04 Å². The van der Waals surface area contributed by atoms with E-state index in [1.165, 1.54) is 0 Å². The Morgan fingerprint density at radius 3 is 2.68 bits per heavy atom. The van der Waals surface area contributed by atoms with Crippen LogP contribution in [0.5, 0.6) is 0 Å². The minimum absolute atomic E-state index is 0.239. The molecule has 1 fully saturated rings. The van der Waals surface area contributed by atoms with E-state index in [0.717, 1.165) is 15.9 Å². The van der Waals surface area contributed by atoms with E-state index in [0.29, 0.717) is 33.9 Å². The molecule has 0 unspecified atom stereocenters. The Bertz CT molecular complexity index is 797. The molecule has 0 radical (unpaired) electrons. The summed E-state index contributed by atoms with van der Waals surface area (Å²) in [6, 6.07) is -0.239. The second-order valence-electron chi connectivity index (χ2n) is 4.42. The molecule has 19 heavy (non-hydrogen) atoms. The van der Waals surface area contributed by atoms with Crippen molar-refractivity contribution in [3.8, 4) is 0 Å². The van der Waals surface area contributed by atoms with Crippen LogP contribution in [0.1, 0.15) is 21.3 Å². The summed E-state index contributed by atoms with van der Waals surface area (Å²) in [6.45, 7) is 2.35. The molecular formula is C11H11N3O4S. The van der Waals surface area contributed by atoms with Gasteiger partial charge < -0.3 is 10.5 Å². The van der Waals surface area contributed by atoms with E-state index >= 15 is 0 Å². The summed E-state index contributed by atoms with van der Waals surface area (Å²) in [4.78, 5) is 38.9. The van der Waals surface area contributed by atoms with Crippen molar-refractivity contribution in [2.24, 2.45) is 5.73 Å². The number of carbonyl (C=O) groups is 1. The van der Waals surface area contributed by atoms with Gasteiger partial charge in [-0.15, -0.1) is 11.3 Å². The third-order valence-corrected chi connectivity index (χ3v) is 4.45. The van der Waals surface area contributed by atoms with Crippen LogP contribution in [0.2, 0.25) is 0 Å². The molecule has 1 aliphatic heterocycles. The highest BCUT2D eigenvalue weighted by Crippen LogP contribution is 2.26. The SMILES string of the molecule is Cc1c(C(N)=O)sc2[nH]c(=O)n(C3COC3)c(=O)c12. The van der Waals surface area contributed by atoms with E-state index in [1.807, 2.05) is 0 Å². The standard InChI is InChI=1S/C11H11N3O4S/c1-4-6-9(19-7(4)8(12)15)13-11(17)14(10(6)16)5-2-18-3-5/h5H,2-3H2,1H3,(H2,12,15)(H,13,17). The average molecular weight is 281 g/mol. The first-order valence-corrected chi connectivity index (χ1v) is 6.48. The number of rotatable bonds is 2. The predicted molar refractivity (Wildman–Crippen MR) is 69.8 cm³/mol. The molecular weight excluding hydrogens is 270 g/mol. The van der Waals surface area contributed by atoms with Gasteiger partial charge in [0.2, 0.25) is 0 Å². The third-order valence-electron chi connectivity index (χ3n) is 3.23. The van der Waals surface area contributed by atoms with Gasteiger partial charge in [-0.25, -0.2) is 4.79 Å². The summed E-state index contributed by atoms with van der Waals surface area (Å²) in [6.07, 6.45) is 0. The second kappa shape index (κ2) is 4.04. The highest BCUT2D eigenvalue weighted by molar-refractivity contribution is 7.20. The largest absolute Gasteiger partial charge is 0.377 e. The van der Waals surface area contributed by atoms with Crippen LogP contribution >= 0.6 is 11.3 Å². The van der Waals surface area contributed by atoms with Crippen LogP contribution in [0.4, 0.5) is 0 Å². The van der Waals surface area contributed by atoms with E-state index in [9.17, 15) is 14.4 Å². The van der Waals surface area contributed by atoms with Gasteiger partial charge in [-0.05, 0) is 12.5 Å². The number of fused-ring (bicyclic) bond motifs is 1. The highest BCUT2D eigenvalue weighted by atomic mass is 32.1. The molecule has 3 rings (SSSR count). The van der Waals surface area contributed by atoms with E-state index < -0.39 is 17.2 Å². The Morgan fingerprint density at radius 2 is 2.16 bits per heavy atom. The average Bonchev–Trinajstić information content (AvgIpc) is 2.59. The smallest absolute Gasteiger partial charge is 0.329 e. The number of aromatic amines is 1. The van der Waals surface area contributed by atoms with Crippen LogP contribution in [-0.2, 0) is 4.74 Å². The number of hydrogen-bond donors (Lipinski definition) is 2. The molecule has 0 saturated carbocycles. The quantitative estimate of drug-likeness (QED) is 0.790. The number of nitrogens with two attached hydrogens (primary N) is 1. The zero-order valence-electron chi connectivity index (χ0n) is 10.1. The number of ether oxygens (including phenoxy) is 1. The van der Waals surface area contributed by atoms with Gasteiger partial charge in [-0.2, -0.15) is 0 Å². The van der Waals surface area contributed by atoms with Crippen LogP contribution < -0.4 is 17.0 Å². The van der Waals surface area contributed by atoms with Crippen LogP contribution in [0.3, 0.4) is 0 Å². The topological polar surface area (TPSA) is 107 Å². The summed E-state index contributed by atoms with van der Waals surface area (Å²) in [7, 11) is 0. The van der Waals surface area contributed by atoms with Gasteiger partial charge >= 0.3 is 5.69 Å².